The van der Waals surface area contributed by atoms with Crippen LogP contribution in [0.2, 0.25) is 0 Å². The summed E-state index contributed by atoms with van der Waals surface area (Å²) in [6.07, 6.45) is -4.41. The number of anilines is 4. The van der Waals surface area contributed by atoms with Gasteiger partial charge in [0.1, 0.15) is 5.82 Å². The summed E-state index contributed by atoms with van der Waals surface area (Å²) in [6.45, 7) is 1.72. The third kappa shape index (κ3) is 4.56. The van der Waals surface area contributed by atoms with Crippen molar-refractivity contribution in [1.82, 2.24) is 9.97 Å². The Bertz CT molecular complexity index is 1000. The number of alkyl halides is 3. The number of carboxylic acid groups (broad SMARTS) is 1. The van der Waals surface area contributed by atoms with Crippen LogP contribution in [-0.4, -0.2) is 21.0 Å². The van der Waals surface area contributed by atoms with Crippen LogP contribution in [0.1, 0.15) is 21.6 Å². The van der Waals surface area contributed by atoms with Crippen LogP contribution in [0.4, 0.5) is 36.3 Å². The van der Waals surface area contributed by atoms with E-state index in [1.54, 1.807) is 31.2 Å². The van der Waals surface area contributed by atoms with Crippen LogP contribution in [0.25, 0.3) is 0 Å². The van der Waals surface area contributed by atoms with E-state index in [0.29, 0.717) is 22.9 Å². The molecule has 1 aromatic heterocycles. The molecule has 0 aliphatic carbocycles. The number of nitrogens with one attached hydrogen (secondary N) is 2. The van der Waals surface area contributed by atoms with Crippen molar-refractivity contribution in [3.8, 4) is 0 Å². The number of carbonyl (C=O) groups is 1. The van der Waals surface area contributed by atoms with Crippen LogP contribution in [0, 0.1) is 6.92 Å². The molecular weight excluding hydrogens is 373 g/mol. The second kappa shape index (κ2) is 7.55. The van der Waals surface area contributed by atoms with E-state index in [-0.39, 0.29) is 11.5 Å². The summed E-state index contributed by atoms with van der Waals surface area (Å²) in [5, 5.41) is 15.0. The summed E-state index contributed by atoms with van der Waals surface area (Å²) in [5.41, 5.74) is 0.649. The molecule has 0 spiro atoms. The molecule has 3 rings (SSSR count). The van der Waals surface area contributed by atoms with Gasteiger partial charge in [0.25, 0.3) is 0 Å². The summed E-state index contributed by atoms with van der Waals surface area (Å²) in [6, 6.07) is 12.5. The van der Waals surface area contributed by atoms with Gasteiger partial charge in [0.2, 0.25) is 5.95 Å². The third-order valence-electron chi connectivity index (χ3n) is 3.74. The van der Waals surface area contributed by atoms with E-state index in [1.807, 2.05) is 0 Å². The van der Waals surface area contributed by atoms with Gasteiger partial charge >= 0.3 is 12.1 Å². The SMILES string of the molecule is Cc1cc(Nc2ccccc2C(=O)O)nc(Nc2ccc(C(F)(F)F)cc2)n1. The highest BCUT2D eigenvalue weighted by Crippen LogP contribution is 2.30. The first kappa shape index (κ1) is 19.2. The Hall–Kier alpha value is -3.62. The number of halogens is 3. The van der Waals surface area contributed by atoms with Gasteiger partial charge in [-0.25, -0.2) is 9.78 Å². The van der Waals surface area contributed by atoms with Crippen LogP contribution >= 0.6 is 0 Å². The molecule has 1 heterocycles. The van der Waals surface area contributed by atoms with E-state index in [9.17, 15) is 23.1 Å². The lowest BCUT2D eigenvalue weighted by Crippen LogP contribution is -2.06. The topological polar surface area (TPSA) is 87.1 Å². The highest BCUT2D eigenvalue weighted by Gasteiger charge is 2.29. The number of benzene rings is 2. The number of nitrogens with zero attached hydrogens (tertiary/aromatic N) is 2. The van der Waals surface area contributed by atoms with E-state index < -0.39 is 17.7 Å². The Morgan fingerprint density at radius 3 is 2.32 bits per heavy atom. The lowest BCUT2D eigenvalue weighted by Gasteiger charge is -2.12. The predicted molar refractivity (Wildman–Crippen MR) is 98.2 cm³/mol. The maximum Gasteiger partial charge on any atom is 0.416 e. The number of aryl methyl sites for hydroxylation is 1. The summed E-state index contributed by atoms with van der Waals surface area (Å²) >= 11 is 0. The van der Waals surface area contributed by atoms with Gasteiger partial charge < -0.3 is 15.7 Å². The van der Waals surface area contributed by atoms with E-state index in [1.165, 1.54) is 18.2 Å². The molecular formula is C19H15F3N4O2. The Morgan fingerprint density at radius 2 is 1.68 bits per heavy atom. The smallest absolute Gasteiger partial charge is 0.416 e. The van der Waals surface area contributed by atoms with Gasteiger partial charge in [-0.05, 0) is 43.3 Å². The van der Waals surface area contributed by atoms with Gasteiger partial charge in [-0.1, -0.05) is 12.1 Å². The van der Waals surface area contributed by atoms with Crippen molar-refractivity contribution in [3.63, 3.8) is 0 Å². The molecule has 9 heteroatoms. The second-order valence-corrected chi connectivity index (χ2v) is 5.89. The van der Waals surface area contributed by atoms with Crippen molar-refractivity contribution in [3.05, 3.63) is 71.4 Å². The number of aromatic carboxylic acids is 1. The van der Waals surface area contributed by atoms with Crippen molar-refractivity contribution in [1.29, 1.82) is 0 Å². The molecule has 0 saturated carbocycles. The largest absolute Gasteiger partial charge is 0.478 e. The fraction of sp³-hybridized carbons (Fsp3) is 0.105. The number of aromatic nitrogens is 2. The first-order valence-corrected chi connectivity index (χ1v) is 8.12. The van der Waals surface area contributed by atoms with E-state index in [4.69, 9.17) is 0 Å². The number of hydrogen-bond acceptors (Lipinski definition) is 5. The van der Waals surface area contributed by atoms with Gasteiger partial charge in [-0.3, -0.25) is 0 Å². The minimum Gasteiger partial charge on any atom is -0.478 e. The minimum absolute atomic E-state index is 0.0796. The molecule has 0 fully saturated rings. The predicted octanol–water partition coefficient (Wildman–Crippen LogP) is 4.99. The van der Waals surface area contributed by atoms with Crippen molar-refractivity contribution in [2.45, 2.75) is 13.1 Å². The molecule has 0 saturated heterocycles. The maximum absolute atomic E-state index is 12.7. The Morgan fingerprint density at radius 1 is 1.00 bits per heavy atom. The van der Waals surface area contributed by atoms with Crippen LogP contribution in [0.15, 0.2) is 54.6 Å². The van der Waals surface area contributed by atoms with Crippen LogP contribution in [0.5, 0.6) is 0 Å². The second-order valence-electron chi connectivity index (χ2n) is 5.89. The fourth-order valence-corrected chi connectivity index (χ4v) is 2.48. The zero-order chi connectivity index (χ0) is 20.3. The summed E-state index contributed by atoms with van der Waals surface area (Å²) in [7, 11) is 0. The monoisotopic (exact) mass is 388 g/mol. The first-order valence-electron chi connectivity index (χ1n) is 8.12. The Kier molecular flexibility index (Phi) is 5.16. The molecule has 6 nitrogen and oxygen atoms in total. The fourth-order valence-electron chi connectivity index (χ4n) is 2.48. The van der Waals surface area contributed by atoms with Crippen molar-refractivity contribution >= 4 is 29.1 Å². The van der Waals surface area contributed by atoms with Crippen molar-refractivity contribution in [2.75, 3.05) is 10.6 Å². The molecule has 0 amide bonds. The van der Waals surface area contributed by atoms with Gasteiger partial charge in [-0.2, -0.15) is 18.2 Å². The lowest BCUT2D eigenvalue weighted by atomic mass is 10.2. The average Bonchev–Trinajstić information content (AvgIpc) is 2.61. The molecule has 0 radical (unpaired) electrons. The van der Waals surface area contributed by atoms with Gasteiger partial charge in [0.05, 0.1) is 16.8 Å². The van der Waals surface area contributed by atoms with Gasteiger partial charge in [0, 0.05) is 17.4 Å². The Labute approximate surface area is 158 Å². The zero-order valence-corrected chi connectivity index (χ0v) is 14.6. The highest BCUT2D eigenvalue weighted by molar-refractivity contribution is 5.95. The molecule has 0 aliphatic heterocycles. The number of hydrogen-bond donors (Lipinski definition) is 3. The van der Waals surface area contributed by atoms with Crippen LogP contribution < -0.4 is 10.6 Å². The average molecular weight is 388 g/mol. The van der Waals surface area contributed by atoms with Gasteiger partial charge in [-0.15, -0.1) is 0 Å². The van der Waals surface area contributed by atoms with Crippen molar-refractivity contribution < 1.29 is 23.1 Å². The van der Waals surface area contributed by atoms with E-state index in [0.717, 1.165) is 12.1 Å². The maximum atomic E-state index is 12.7. The minimum atomic E-state index is -4.41. The van der Waals surface area contributed by atoms with E-state index in [2.05, 4.69) is 20.6 Å². The zero-order valence-electron chi connectivity index (χ0n) is 14.6. The number of carboxylic acids is 1. The quantitative estimate of drug-likeness (QED) is 0.571. The summed E-state index contributed by atoms with van der Waals surface area (Å²) < 4.78 is 38.0. The number of rotatable bonds is 5. The lowest BCUT2D eigenvalue weighted by molar-refractivity contribution is -0.137. The first-order chi connectivity index (χ1) is 13.2. The molecule has 144 valence electrons. The molecule has 3 aromatic rings. The molecule has 0 bridgehead atoms. The van der Waals surface area contributed by atoms with E-state index >= 15 is 0 Å². The molecule has 0 aliphatic rings. The number of para-hydroxylation sites is 1. The molecule has 0 atom stereocenters. The molecule has 2 aromatic carbocycles. The molecule has 3 N–H and O–H groups in total. The molecule has 0 unspecified atom stereocenters. The standard InChI is InChI=1S/C19H15F3N4O2/c1-11-10-16(25-15-5-3-2-4-14(15)17(27)28)26-18(23-11)24-13-8-6-12(7-9-13)19(20,21)22/h2-10H,1H3,(H,27,28)(H2,23,24,25,26). The van der Waals surface area contributed by atoms with Crippen LogP contribution in [-0.2, 0) is 6.18 Å². The normalized spacial score (nSPS) is 11.1. The highest BCUT2D eigenvalue weighted by atomic mass is 19.4. The Balaban J connectivity index is 1.83. The van der Waals surface area contributed by atoms with Gasteiger partial charge in [0.15, 0.2) is 0 Å². The van der Waals surface area contributed by atoms with Crippen LogP contribution in [0.3, 0.4) is 0 Å². The summed E-state index contributed by atoms with van der Waals surface area (Å²) in [5.74, 6) is -0.581. The molecule has 28 heavy (non-hydrogen) atoms. The third-order valence-corrected chi connectivity index (χ3v) is 3.74. The summed E-state index contributed by atoms with van der Waals surface area (Å²) in [4.78, 5) is 19.8. The van der Waals surface area contributed by atoms with Crippen molar-refractivity contribution in [2.24, 2.45) is 0 Å².